The molecule has 1 saturated carbocycles. The van der Waals surface area contributed by atoms with Gasteiger partial charge in [0, 0.05) is 19.0 Å². The Balaban J connectivity index is 1.88. The van der Waals surface area contributed by atoms with E-state index in [4.69, 9.17) is 4.74 Å². The number of amides is 1. The lowest BCUT2D eigenvalue weighted by Gasteiger charge is -2.34. The van der Waals surface area contributed by atoms with E-state index in [0.717, 1.165) is 25.9 Å². The lowest BCUT2D eigenvalue weighted by molar-refractivity contribution is -0.143. The van der Waals surface area contributed by atoms with Crippen LogP contribution in [0.1, 0.15) is 39.0 Å². The SMILES string of the molecule is C[C@H]1CN(C(=O)C2CCCCC2)CCO1. The molecule has 3 nitrogen and oxygen atoms in total. The number of hydrogen-bond donors (Lipinski definition) is 0. The average Bonchev–Trinajstić information content (AvgIpc) is 2.29. The second-order valence-corrected chi connectivity index (χ2v) is 4.80. The molecule has 1 aliphatic heterocycles. The Bertz CT molecular complexity index is 224. The summed E-state index contributed by atoms with van der Waals surface area (Å²) < 4.78 is 5.45. The second kappa shape index (κ2) is 4.97. The van der Waals surface area contributed by atoms with Crippen molar-refractivity contribution in [1.82, 2.24) is 4.90 Å². The molecular weight excluding hydrogens is 190 g/mol. The molecule has 0 aromatic carbocycles. The highest BCUT2D eigenvalue weighted by atomic mass is 16.5. The maximum Gasteiger partial charge on any atom is 0.225 e. The maximum absolute atomic E-state index is 12.2. The van der Waals surface area contributed by atoms with Crippen LogP contribution in [0.4, 0.5) is 0 Å². The summed E-state index contributed by atoms with van der Waals surface area (Å²) in [5.74, 6) is 0.689. The van der Waals surface area contributed by atoms with E-state index in [9.17, 15) is 4.79 Å². The average molecular weight is 211 g/mol. The van der Waals surface area contributed by atoms with E-state index in [-0.39, 0.29) is 6.10 Å². The van der Waals surface area contributed by atoms with Crippen molar-refractivity contribution < 1.29 is 9.53 Å². The van der Waals surface area contributed by atoms with E-state index < -0.39 is 0 Å². The molecule has 0 N–H and O–H groups in total. The van der Waals surface area contributed by atoms with E-state index in [1.807, 2.05) is 11.8 Å². The quantitative estimate of drug-likeness (QED) is 0.662. The van der Waals surface area contributed by atoms with Crippen LogP contribution in [-0.4, -0.2) is 36.6 Å². The zero-order chi connectivity index (χ0) is 10.7. The zero-order valence-corrected chi connectivity index (χ0v) is 9.58. The van der Waals surface area contributed by atoms with Crippen LogP contribution in [0, 0.1) is 5.92 Å². The molecule has 0 radical (unpaired) electrons. The second-order valence-electron chi connectivity index (χ2n) is 4.80. The van der Waals surface area contributed by atoms with Crippen LogP contribution >= 0.6 is 0 Å². The summed E-state index contributed by atoms with van der Waals surface area (Å²) in [5.41, 5.74) is 0. The Labute approximate surface area is 91.8 Å². The molecule has 1 aliphatic carbocycles. The Kier molecular flexibility index (Phi) is 3.62. The smallest absolute Gasteiger partial charge is 0.225 e. The highest BCUT2D eigenvalue weighted by Crippen LogP contribution is 2.26. The first-order valence-electron chi connectivity index (χ1n) is 6.18. The number of morpholine rings is 1. The van der Waals surface area contributed by atoms with Crippen molar-refractivity contribution in [2.75, 3.05) is 19.7 Å². The minimum Gasteiger partial charge on any atom is -0.375 e. The fraction of sp³-hybridized carbons (Fsp3) is 0.917. The van der Waals surface area contributed by atoms with Gasteiger partial charge in [-0.05, 0) is 19.8 Å². The van der Waals surface area contributed by atoms with E-state index >= 15 is 0 Å². The fourth-order valence-corrected chi connectivity index (χ4v) is 2.63. The molecule has 0 aromatic rings. The van der Waals surface area contributed by atoms with Gasteiger partial charge in [-0.15, -0.1) is 0 Å². The highest BCUT2D eigenvalue weighted by molar-refractivity contribution is 5.79. The van der Waals surface area contributed by atoms with Crippen molar-refractivity contribution in [3.8, 4) is 0 Å². The summed E-state index contributed by atoms with van der Waals surface area (Å²) in [6.45, 7) is 4.33. The standard InChI is InChI=1S/C12H21NO2/c1-10-9-13(7-8-15-10)12(14)11-5-3-2-4-6-11/h10-11H,2-9H2,1H3/t10-/m0/s1. The van der Waals surface area contributed by atoms with Crippen molar-refractivity contribution in [3.63, 3.8) is 0 Å². The normalized spacial score (nSPS) is 29.1. The van der Waals surface area contributed by atoms with Crippen LogP contribution in [0.15, 0.2) is 0 Å². The van der Waals surface area contributed by atoms with E-state index in [2.05, 4.69) is 0 Å². The molecule has 2 fully saturated rings. The van der Waals surface area contributed by atoms with E-state index in [0.29, 0.717) is 18.4 Å². The summed E-state index contributed by atoms with van der Waals surface area (Å²) >= 11 is 0. The molecular formula is C12H21NO2. The summed E-state index contributed by atoms with van der Waals surface area (Å²) in [6.07, 6.45) is 6.19. The highest BCUT2D eigenvalue weighted by Gasteiger charge is 2.28. The summed E-state index contributed by atoms with van der Waals surface area (Å²) in [7, 11) is 0. The Hall–Kier alpha value is -0.570. The van der Waals surface area contributed by atoms with Crippen LogP contribution < -0.4 is 0 Å². The number of hydrogen-bond acceptors (Lipinski definition) is 2. The van der Waals surface area contributed by atoms with Gasteiger partial charge in [0.25, 0.3) is 0 Å². The largest absolute Gasteiger partial charge is 0.375 e. The molecule has 2 rings (SSSR count). The minimum atomic E-state index is 0.214. The van der Waals surface area contributed by atoms with Crippen LogP contribution in [0.5, 0.6) is 0 Å². The predicted molar refractivity (Wildman–Crippen MR) is 58.6 cm³/mol. The van der Waals surface area contributed by atoms with Crippen LogP contribution in [0.3, 0.4) is 0 Å². The first kappa shape index (κ1) is 10.9. The van der Waals surface area contributed by atoms with Gasteiger partial charge in [-0.2, -0.15) is 0 Å². The number of nitrogens with zero attached hydrogens (tertiary/aromatic N) is 1. The van der Waals surface area contributed by atoms with Gasteiger partial charge in [-0.25, -0.2) is 0 Å². The molecule has 0 unspecified atom stereocenters. The first-order chi connectivity index (χ1) is 7.27. The third-order valence-corrected chi connectivity index (χ3v) is 3.51. The number of ether oxygens (including phenoxy) is 1. The lowest BCUT2D eigenvalue weighted by Crippen LogP contribution is -2.47. The summed E-state index contributed by atoms with van der Waals surface area (Å²) in [6, 6.07) is 0. The number of carbonyl (C=O) groups is 1. The lowest BCUT2D eigenvalue weighted by atomic mass is 9.88. The van der Waals surface area contributed by atoms with Gasteiger partial charge in [0.05, 0.1) is 12.7 Å². The molecule has 86 valence electrons. The van der Waals surface area contributed by atoms with Crippen molar-refractivity contribution in [2.24, 2.45) is 5.92 Å². The van der Waals surface area contributed by atoms with Crippen molar-refractivity contribution in [3.05, 3.63) is 0 Å². The fourth-order valence-electron chi connectivity index (χ4n) is 2.63. The maximum atomic E-state index is 12.2. The van der Waals surface area contributed by atoms with Gasteiger partial charge in [0.2, 0.25) is 5.91 Å². The molecule has 2 aliphatic rings. The molecule has 1 heterocycles. The third-order valence-electron chi connectivity index (χ3n) is 3.51. The molecule has 1 saturated heterocycles. The summed E-state index contributed by atoms with van der Waals surface area (Å²) in [5, 5.41) is 0. The van der Waals surface area contributed by atoms with Crippen molar-refractivity contribution in [2.45, 2.75) is 45.1 Å². The van der Waals surface area contributed by atoms with Crippen LogP contribution in [0.2, 0.25) is 0 Å². The molecule has 1 amide bonds. The predicted octanol–water partition coefficient (Wildman–Crippen LogP) is 1.81. The number of rotatable bonds is 1. The van der Waals surface area contributed by atoms with Crippen LogP contribution in [-0.2, 0) is 9.53 Å². The van der Waals surface area contributed by atoms with Gasteiger partial charge in [-0.1, -0.05) is 19.3 Å². The molecule has 3 heteroatoms. The Morgan fingerprint density at radius 1 is 1.27 bits per heavy atom. The van der Waals surface area contributed by atoms with E-state index in [1.54, 1.807) is 0 Å². The summed E-state index contributed by atoms with van der Waals surface area (Å²) in [4.78, 5) is 14.2. The zero-order valence-electron chi connectivity index (χ0n) is 9.58. The molecule has 0 spiro atoms. The van der Waals surface area contributed by atoms with Gasteiger partial charge in [-0.3, -0.25) is 4.79 Å². The van der Waals surface area contributed by atoms with Gasteiger partial charge in [0.1, 0.15) is 0 Å². The van der Waals surface area contributed by atoms with Crippen LogP contribution in [0.25, 0.3) is 0 Å². The number of carbonyl (C=O) groups excluding carboxylic acids is 1. The Morgan fingerprint density at radius 3 is 2.67 bits per heavy atom. The van der Waals surface area contributed by atoms with Gasteiger partial charge in [0.15, 0.2) is 0 Å². The third kappa shape index (κ3) is 2.71. The van der Waals surface area contributed by atoms with Gasteiger partial charge < -0.3 is 9.64 Å². The topological polar surface area (TPSA) is 29.5 Å². The molecule has 0 bridgehead atoms. The molecule has 0 aromatic heterocycles. The van der Waals surface area contributed by atoms with Crippen molar-refractivity contribution >= 4 is 5.91 Å². The monoisotopic (exact) mass is 211 g/mol. The van der Waals surface area contributed by atoms with Crippen molar-refractivity contribution in [1.29, 1.82) is 0 Å². The Morgan fingerprint density at radius 2 is 2.00 bits per heavy atom. The van der Waals surface area contributed by atoms with E-state index in [1.165, 1.54) is 19.3 Å². The van der Waals surface area contributed by atoms with Gasteiger partial charge >= 0.3 is 0 Å². The first-order valence-corrected chi connectivity index (χ1v) is 6.18. The minimum absolute atomic E-state index is 0.214. The molecule has 15 heavy (non-hydrogen) atoms. The molecule has 1 atom stereocenters.